The van der Waals surface area contributed by atoms with E-state index in [-0.39, 0.29) is 27.7 Å². The average Bonchev–Trinajstić information content (AvgIpc) is 2.74. The van der Waals surface area contributed by atoms with Crippen molar-refractivity contribution < 1.29 is 9.59 Å². The van der Waals surface area contributed by atoms with E-state index in [9.17, 15) is 9.59 Å². The molecule has 164 valence electrons. The Hall–Kier alpha value is -2.29. The number of amides is 2. The van der Waals surface area contributed by atoms with Crippen LogP contribution in [0.3, 0.4) is 0 Å². The number of anilines is 2. The SMILES string of the molecule is O=C(CSc1ccc(Cl)cc1)NC(=S)Nc1ccc(NC(=O)c2ccc(Cl)cc2Cl)cc1. The van der Waals surface area contributed by atoms with E-state index in [1.165, 1.54) is 17.8 Å². The van der Waals surface area contributed by atoms with Crippen LogP contribution in [0, 0.1) is 0 Å². The highest BCUT2D eigenvalue weighted by Gasteiger charge is 2.11. The van der Waals surface area contributed by atoms with E-state index in [0.717, 1.165) is 4.90 Å². The van der Waals surface area contributed by atoms with Gasteiger partial charge in [0.05, 0.1) is 16.3 Å². The van der Waals surface area contributed by atoms with E-state index in [1.54, 1.807) is 48.5 Å². The molecule has 3 aromatic rings. The fourth-order valence-corrected chi connectivity index (χ4v) is 4.06. The molecule has 0 radical (unpaired) electrons. The zero-order chi connectivity index (χ0) is 23.1. The normalized spacial score (nSPS) is 10.3. The fourth-order valence-electron chi connectivity index (χ4n) is 2.51. The lowest BCUT2D eigenvalue weighted by Gasteiger charge is -2.11. The number of thiocarbonyl (C=S) groups is 1. The van der Waals surface area contributed by atoms with E-state index in [0.29, 0.717) is 27.0 Å². The zero-order valence-corrected chi connectivity index (χ0v) is 20.2. The molecule has 0 bridgehead atoms. The maximum atomic E-state index is 12.4. The van der Waals surface area contributed by atoms with Gasteiger partial charge in [0, 0.05) is 26.3 Å². The third kappa shape index (κ3) is 7.39. The molecule has 0 unspecified atom stereocenters. The van der Waals surface area contributed by atoms with Crippen molar-refractivity contribution in [3.8, 4) is 0 Å². The quantitative estimate of drug-likeness (QED) is 0.253. The van der Waals surface area contributed by atoms with Crippen LogP contribution in [0.15, 0.2) is 71.6 Å². The summed E-state index contributed by atoms with van der Waals surface area (Å²) < 4.78 is 0. The van der Waals surface area contributed by atoms with Crippen molar-refractivity contribution in [1.82, 2.24) is 5.32 Å². The van der Waals surface area contributed by atoms with Crippen LogP contribution in [-0.2, 0) is 4.79 Å². The van der Waals surface area contributed by atoms with Crippen LogP contribution < -0.4 is 16.0 Å². The monoisotopic (exact) mass is 523 g/mol. The van der Waals surface area contributed by atoms with Crippen LogP contribution in [0.1, 0.15) is 10.4 Å². The van der Waals surface area contributed by atoms with Gasteiger partial charge in [-0.2, -0.15) is 0 Å². The Morgan fingerprint density at radius 1 is 0.812 bits per heavy atom. The molecule has 0 atom stereocenters. The summed E-state index contributed by atoms with van der Waals surface area (Å²) in [4.78, 5) is 25.4. The molecule has 3 aromatic carbocycles. The lowest BCUT2D eigenvalue weighted by atomic mass is 10.2. The van der Waals surface area contributed by atoms with Crippen LogP contribution in [0.2, 0.25) is 15.1 Å². The molecule has 0 spiro atoms. The highest BCUT2D eigenvalue weighted by molar-refractivity contribution is 8.00. The second-order valence-electron chi connectivity index (χ2n) is 6.40. The van der Waals surface area contributed by atoms with Gasteiger partial charge in [0.25, 0.3) is 5.91 Å². The van der Waals surface area contributed by atoms with Crippen molar-refractivity contribution >= 4 is 87.1 Å². The van der Waals surface area contributed by atoms with Gasteiger partial charge in [0.1, 0.15) is 0 Å². The summed E-state index contributed by atoms with van der Waals surface area (Å²) in [6.07, 6.45) is 0. The molecule has 0 saturated carbocycles. The Kier molecular flexibility index (Phi) is 8.78. The zero-order valence-electron chi connectivity index (χ0n) is 16.3. The predicted molar refractivity (Wildman–Crippen MR) is 137 cm³/mol. The van der Waals surface area contributed by atoms with Gasteiger partial charge in [-0.05, 0) is 78.9 Å². The first kappa shape index (κ1) is 24.4. The van der Waals surface area contributed by atoms with Crippen LogP contribution in [-0.4, -0.2) is 22.7 Å². The molecule has 3 rings (SSSR count). The molecule has 0 aliphatic carbocycles. The van der Waals surface area contributed by atoms with Crippen molar-refractivity contribution in [2.75, 3.05) is 16.4 Å². The van der Waals surface area contributed by atoms with E-state index < -0.39 is 0 Å². The Balaban J connectivity index is 1.48. The minimum atomic E-state index is -0.353. The van der Waals surface area contributed by atoms with Gasteiger partial charge in [0.2, 0.25) is 5.91 Å². The molecule has 10 heteroatoms. The average molecular weight is 525 g/mol. The second-order valence-corrected chi connectivity index (χ2v) is 9.14. The second kappa shape index (κ2) is 11.5. The van der Waals surface area contributed by atoms with Gasteiger partial charge in [-0.3, -0.25) is 9.59 Å². The van der Waals surface area contributed by atoms with Gasteiger partial charge in [-0.15, -0.1) is 11.8 Å². The Morgan fingerprint density at radius 2 is 1.41 bits per heavy atom. The van der Waals surface area contributed by atoms with Gasteiger partial charge >= 0.3 is 0 Å². The third-order valence-electron chi connectivity index (χ3n) is 4.01. The first-order valence-corrected chi connectivity index (χ1v) is 11.7. The molecule has 0 aliphatic rings. The van der Waals surface area contributed by atoms with E-state index in [2.05, 4.69) is 16.0 Å². The molecular weight excluding hydrogens is 509 g/mol. The first-order valence-electron chi connectivity index (χ1n) is 9.16. The summed E-state index contributed by atoms with van der Waals surface area (Å²) in [6, 6.07) is 18.7. The number of thioether (sulfide) groups is 1. The molecule has 32 heavy (non-hydrogen) atoms. The summed E-state index contributed by atoms with van der Waals surface area (Å²) in [5, 5.41) is 9.86. The third-order valence-corrected chi connectivity index (χ3v) is 6.03. The highest BCUT2D eigenvalue weighted by Crippen LogP contribution is 2.23. The van der Waals surface area contributed by atoms with Crippen molar-refractivity contribution in [3.63, 3.8) is 0 Å². The van der Waals surface area contributed by atoms with Crippen LogP contribution in [0.4, 0.5) is 11.4 Å². The minimum absolute atomic E-state index is 0.177. The molecule has 0 heterocycles. The van der Waals surface area contributed by atoms with E-state index >= 15 is 0 Å². The van der Waals surface area contributed by atoms with Crippen LogP contribution in [0.25, 0.3) is 0 Å². The van der Waals surface area contributed by atoms with Gasteiger partial charge in [-0.1, -0.05) is 34.8 Å². The van der Waals surface area contributed by atoms with Gasteiger partial charge < -0.3 is 16.0 Å². The molecule has 0 fully saturated rings. The maximum absolute atomic E-state index is 12.4. The number of halogens is 3. The first-order chi connectivity index (χ1) is 15.3. The van der Waals surface area contributed by atoms with E-state index in [4.69, 9.17) is 47.0 Å². The molecule has 0 aromatic heterocycles. The smallest absolute Gasteiger partial charge is 0.257 e. The summed E-state index contributed by atoms with van der Waals surface area (Å²) in [5.74, 6) is -0.374. The standard InChI is InChI=1S/C22H16Cl3N3O2S2/c23-13-1-8-17(9-2-13)32-12-20(29)28-22(31)27-16-6-4-15(5-7-16)26-21(30)18-10-3-14(24)11-19(18)25/h1-11H,12H2,(H,26,30)(H2,27,28,29,31). The number of carbonyl (C=O) groups excluding carboxylic acids is 2. The summed E-state index contributed by atoms with van der Waals surface area (Å²) >= 11 is 24.3. The number of rotatable bonds is 6. The molecule has 2 amide bonds. The van der Waals surface area contributed by atoms with Gasteiger partial charge in [-0.25, -0.2) is 0 Å². The topological polar surface area (TPSA) is 70.2 Å². The number of benzene rings is 3. The number of hydrogen-bond acceptors (Lipinski definition) is 4. The summed E-state index contributed by atoms with van der Waals surface area (Å²) in [7, 11) is 0. The molecular formula is C22H16Cl3N3O2S2. The summed E-state index contributed by atoms with van der Waals surface area (Å²) in [6.45, 7) is 0. The molecule has 3 N–H and O–H groups in total. The van der Waals surface area contributed by atoms with Crippen molar-refractivity contribution in [3.05, 3.63) is 87.4 Å². The van der Waals surface area contributed by atoms with Crippen molar-refractivity contribution in [1.29, 1.82) is 0 Å². The number of carbonyl (C=O) groups is 2. The minimum Gasteiger partial charge on any atom is -0.332 e. The Morgan fingerprint density at radius 3 is 2.03 bits per heavy atom. The van der Waals surface area contributed by atoms with Crippen molar-refractivity contribution in [2.45, 2.75) is 4.90 Å². The largest absolute Gasteiger partial charge is 0.332 e. The number of nitrogens with one attached hydrogen (secondary N) is 3. The predicted octanol–water partition coefficient (Wildman–Crippen LogP) is 6.50. The lowest BCUT2D eigenvalue weighted by Crippen LogP contribution is -2.35. The Labute approximate surface area is 209 Å². The molecule has 5 nitrogen and oxygen atoms in total. The maximum Gasteiger partial charge on any atom is 0.257 e. The highest BCUT2D eigenvalue weighted by atomic mass is 35.5. The fraction of sp³-hybridized carbons (Fsp3) is 0.0455. The number of hydrogen-bond donors (Lipinski definition) is 3. The van der Waals surface area contributed by atoms with Crippen molar-refractivity contribution in [2.24, 2.45) is 0 Å². The lowest BCUT2D eigenvalue weighted by molar-refractivity contribution is -0.117. The van der Waals surface area contributed by atoms with Crippen LogP contribution in [0.5, 0.6) is 0 Å². The van der Waals surface area contributed by atoms with Crippen LogP contribution >= 0.6 is 58.8 Å². The van der Waals surface area contributed by atoms with Gasteiger partial charge in [0.15, 0.2) is 5.11 Å². The Bertz CT molecular complexity index is 1140. The molecule has 0 saturated heterocycles. The molecule has 0 aliphatic heterocycles. The van der Waals surface area contributed by atoms with E-state index in [1.807, 2.05) is 12.1 Å². The summed E-state index contributed by atoms with van der Waals surface area (Å²) in [5.41, 5.74) is 1.54.